The molecule has 6 heterocycles. The maximum Gasteiger partial charge on any atom is 0.407 e. The van der Waals surface area contributed by atoms with Crippen LogP contribution in [-0.4, -0.2) is 161 Å². The monoisotopic (exact) mass is 1210 g/mol. The molecular formula is C56H61F10N11O8. The number of aliphatic hydroxyl groups excluding tert-OH is 1. The number of carbonyl (C=O) groups excluding carboxylic acids is 4. The number of aliphatic hydroxyl groups is 1. The fraction of sp³-hybridized carbons (Fsp3) is 0.482. The molecule has 0 spiro atoms. The van der Waals surface area contributed by atoms with Crippen molar-refractivity contribution < 1.29 is 82.4 Å². The zero-order valence-electron chi connectivity index (χ0n) is 46.6. The zero-order chi connectivity index (χ0) is 61.9. The van der Waals surface area contributed by atoms with Crippen molar-refractivity contribution in [1.29, 1.82) is 0 Å². The molecule has 19 nitrogen and oxygen atoms in total. The van der Waals surface area contributed by atoms with Crippen molar-refractivity contribution in [2.24, 2.45) is 10.8 Å². The van der Waals surface area contributed by atoms with Gasteiger partial charge in [-0.3, -0.25) is 19.9 Å². The number of nitrogens with zero attached hydrogens (tertiary/aromatic N) is 7. The van der Waals surface area contributed by atoms with Gasteiger partial charge < -0.3 is 40.2 Å². The molecule has 3 fully saturated rings. The van der Waals surface area contributed by atoms with Crippen LogP contribution in [0.5, 0.6) is 0 Å². The molecule has 3 aromatic heterocycles. The topological polar surface area (TPSA) is 218 Å². The summed E-state index contributed by atoms with van der Waals surface area (Å²) in [4.78, 5) is 67.5. The summed E-state index contributed by atoms with van der Waals surface area (Å²) in [5, 5.41) is 22.1. The van der Waals surface area contributed by atoms with Gasteiger partial charge in [-0.2, -0.15) is 40.2 Å². The first kappa shape index (κ1) is 63.2. The van der Waals surface area contributed by atoms with Crippen LogP contribution < -0.4 is 26.3 Å². The summed E-state index contributed by atoms with van der Waals surface area (Å²) in [7, 11) is 1.60. The molecule has 2 bridgehead atoms. The number of alkyl halides is 8. The number of benzene rings is 2. The molecule has 2 aromatic carbocycles. The maximum atomic E-state index is 16.1. The highest BCUT2D eigenvalue weighted by molar-refractivity contribution is 5.87. The van der Waals surface area contributed by atoms with E-state index in [0.29, 0.717) is 85.3 Å². The van der Waals surface area contributed by atoms with Crippen LogP contribution in [0.25, 0.3) is 22.3 Å². The zero-order valence-corrected chi connectivity index (χ0v) is 46.6. The molecule has 5 N–H and O–H groups in total. The fourth-order valence-electron chi connectivity index (χ4n) is 10.3. The molecule has 0 radical (unpaired) electrons. The maximum absolute atomic E-state index is 16.1. The molecule has 0 aliphatic carbocycles. The van der Waals surface area contributed by atoms with Crippen LogP contribution >= 0.6 is 0 Å². The normalized spacial score (nSPS) is 18.2. The van der Waals surface area contributed by atoms with Crippen LogP contribution in [0.1, 0.15) is 69.5 Å². The molecule has 8 rings (SSSR count). The number of aromatic nitrogens is 4. The van der Waals surface area contributed by atoms with E-state index in [1.807, 2.05) is 28.9 Å². The van der Waals surface area contributed by atoms with E-state index in [9.17, 15) is 59.4 Å². The van der Waals surface area contributed by atoms with E-state index in [0.717, 1.165) is 71.4 Å². The third-order valence-electron chi connectivity index (χ3n) is 15.6. The summed E-state index contributed by atoms with van der Waals surface area (Å²) in [5.41, 5.74) is -3.42. The summed E-state index contributed by atoms with van der Waals surface area (Å²) in [6.45, 7) is 0.0697. The third-order valence-corrected chi connectivity index (χ3v) is 15.6. The number of nitrogens with one attached hydrogen (secondary N) is 4. The molecule has 3 saturated heterocycles. The van der Waals surface area contributed by atoms with Gasteiger partial charge in [-0.15, -0.1) is 0 Å². The standard InChI is InChI=1S/C56H61F10N11O8/c1-53(2,55(61,62)63)46(70-51(81)83-5)48(79)69-43(21-31-9-7-30(8-10-31)11-12-33-13-16-42-41(67-33)17-18-45(68-42)74-24-34-14-15-35(25-74)77(34)36-28-85-29-36)44(78)27-75(73-49(80)47(71-52(82)84-6)54(3,4)56(64,65)66)26-37-38(57)22-32(23-39(37)58)40-19-20-76(72-40)50(59)60/h7-10,13,16-20,22-23,34-36,43-44,46-47,50,78H,14-15,21,24-29H2,1-6H3,(H,69,79)(H,70,81)(H,71,82)(H,73,80)/t34?,35?,43-,44-,46+,47+/m0/s1. The highest BCUT2D eigenvalue weighted by atomic mass is 19.4. The van der Waals surface area contributed by atoms with Crippen LogP contribution in [0.3, 0.4) is 0 Å². The molecule has 29 heteroatoms. The minimum absolute atomic E-state index is 0.197. The molecule has 3 aliphatic rings. The molecule has 0 saturated carbocycles. The van der Waals surface area contributed by atoms with Gasteiger partial charge in [0.25, 0.3) is 5.91 Å². The van der Waals surface area contributed by atoms with Gasteiger partial charge in [-0.25, -0.2) is 38.0 Å². The Morgan fingerprint density at radius 1 is 0.753 bits per heavy atom. The number of methoxy groups -OCH3 is 2. The number of alkyl carbamates (subject to hydrolysis) is 2. The molecule has 5 aromatic rings. The van der Waals surface area contributed by atoms with Crippen LogP contribution in [0, 0.1) is 34.3 Å². The third kappa shape index (κ3) is 14.3. The fourth-order valence-corrected chi connectivity index (χ4v) is 10.3. The number of hydrazine groups is 1. The first-order valence-corrected chi connectivity index (χ1v) is 26.6. The number of ether oxygens (including phenoxy) is 3. The Bertz CT molecular complexity index is 3280. The number of rotatable bonds is 19. The summed E-state index contributed by atoms with van der Waals surface area (Å²) < 4.78 is 161. The quantitative estimate of drug-likeness (QED) is 0.0315. The second-order valence-corrected chi connectivity index (χ2v) is 22.0. The van der Waals surface area contributed by atoms with Crippen molar-refractivity contribution in [1.82, 2.24) is 51.0 Å². The Morgan fingerprint density at radius 3 is 1.85 bits per heavy atom. The largest absolute Gasteiger partial charge is 0.453 e. The number of halogens is 10. The van der Waals surface area contributed by atoms with Gasteiger partial charge in [0.15, 0.2) is 0 Å². The second kappa shape index (κ2) is 25.4. The van der Waals surface area contributed by atoms with Gasteiger partial charge in [-0.1, -0.05) is 18.1 Å². The average Bonchev–Trinajstić information content (AvgIpc) is 2.06. The van der Waals surface area contributed by atoms with E-state index in [-0.39, 0.29) is 21.5 Å². The molecule has 85 heavy (non-hydrogen) atoms. The Morgan fingerprint density at radius 2 is 1.32 bits per heavy atom. The van der Waals surface area contributed by atoms with Gasteiger partial charge in [-0.05, 0) is 113 Å². The van der Waals surface area contributed by atoms with Crippen molar-refractivity contribution in [3.63, 3.8) is 0 Å². The Hall–Kier alpha value is -7.81. The van der Waals surface area contributed by atoms with Crippen LogP contribution in [0.2, 0.25) is 0 Å². The molecule has 2 unspecified atom stereocenters. The van der Waals surface area contributed by atoms with Gasteiger partial charge in [0.05, 0.1) is 73.2 Å². The van der Waals surface area contributed by atoms with Crippen LogP contribution in [0.15, 0.2) is 72.9 Å². The molecule has 458 valence electrons. The number of piperazine rings is 1. The number of pyridine rings is 2. The molecule has 3 aliphatic heterocycles. The van der Waals surface area contributed by atoms with Gasteiger partial charge in [0.2, 0.25) is 5.91 Å². The van der Waals surface area contributed by atoms with Crippen LogP contribution in [0.4, 0.5) is 59.3 Å². The average molecular weight is 1210 g/mol. The Balaban J connectivity index is 1.08. The van der Waals surface area contributed by atoms with E-state index in [1.54, 1.807) is 11.4 Å². The smallest absolute Gasteiger partial charge is 0.407 e. The number of anilines is 1. The lowest BCUT2D eigenvalue weighted by Crippen LogP contribution is -2.63. The number of hydrogen-bond donors (Lipinski definition) is 5. The summed E-state index contributed by atoms with van der Waals surface area (Å²) in [6, 6.07) is 10.2. The predicted octanol–water partition coefficient (Wildman–Crippen LogP) is 7.17. The number of fused-ring (bicyclic) bond motifs is 3. The first-order valence-electron chi connectivity index (χ1n) is 26.6. The van der Waals surface area contributed by atoms with Gasteiger partial charge in [0.1, 0.15) is 35.2 Å². The minimum atomic E-state index is -5.24. The van der Waals surface area contributed by atoms with Crippen molar-refractivity contribution in [3.05, 3.63) is 107 Å². The predicted molar refractivity (Wildman–Crippen MR) is 285 cm³/mol. The van der Waals surface area contributed by atoms with E-state index < -0.39 is 115 Å². The SMILES string of the molecule is COC(=O)N[C@H](C(=O)N[C@@H](Cc1ccc(C#Cc2ccc3nc(N4CC5CCC(C4)N5C4COC4)ccc3n2)cc1)[C@@H](O)CN(Cc1c(F)cc(-c2ccn(C(F)F)n2)cc1F)NC(=O)[C@@H](NC(=O)OC)C(C)(C)C(F)(F)F)C(C)(C)C(F)(F)F. The van der Waals surface area contributed by atoms with E-state index in [2.05, 4.69) is 46.5 Å². The highest BCUT2D eigenvalue weighted by Crippen LogP contribution is 2.42. The first-order chi connectivity index (χ1) is 40.0. The number of amides is 4. The lowest BCUT2D eigenvalue weighted by Gasteiger charge is -2.48. The number of hydrogen-bond acceptors (Lipinski definition) is 14. The van der Waals surface area contributed by atoms with Crippen molar-refractivity contribution >= 4 is 40.9 Å². The summed E-state index contributed by atoms with van der Waals surface area (Å²) in [5.74, 6) is 0.732. The van der Waals surface area contributed by atoms with E-state index >= 15 is 8.78 Å². The Kier molecular flexibility index (Phi) is 18.9. The van der Waals surface area contributed by atoms with Crippen molar-refractivity contribution in [2.45, 2.75) is 115 Å². The molecule has 4 amide bonds. The summed E-state index contributed by atoms with van der Waals surface area (Å²) in [6.07, 6.45) is -13.0. The summed E-state index contributed by atoms with van der Waals surface area (Å²) >= 11 is 0. The number of carbonyl (C=O) groups is 4. The van der Waals surface area contributed by atoms with Gasteiger partial charge >= 0.3 is 31.1 Å². The molecular weight excluding hydrogens is 1140 g/mol. The van der Waals surface area contributed by atoms with Crippen molar-refractivity contribution in [3.8, 4) is 23.1 Å². The molecule has 6 atom stereocenters. The van der Waals surface area contributed by atoms with Gasteiger partial charge in [0, 0.05) is 61.1 Å². The highest BCUT2D eigenvalue weighted by Gasteiger charge is 2.57. The minimum Gasteiger partial charge on any atom is -0.453 e. The second-order valence-electron chi connectivity index (χ2n) is 22.0. The lowest BCUT2D eigenvalue weighted by molar-refractivity contribution is -0.221. The van der Waals surface area contributed by atoms with Crippen LogP contribution in [-0.2, 0) is 36.8 Å². The Labute approximate surface area is 480 Å². The lowest BCUT2D eigenvalue weighted by atomic mass is 9.82. The van der Waals surface area contributed by atoms with E-state index in [1.165, 1.54) is 24.3 Å². The van der Waals surface area contributed by atoms with E-state index in [4.69, 9.17) is 9.72 Å². The van der Waals surface area contributed by atoms with Crippen molar-refractivity contribution in [2.75, 3.05) is 52.0 Å².